The monoisotopic (exact) mass is 350 g/mol. The van der Waals surface area contributed by atoms with Crippen LogP contribution < -0.4 is 15.5 Å². The average molecular weight is 350 g/mol. The molecule has 1 heterocycles. The fraction of sp³-hybridized carbons (Fsp3) is 0.211. The van der Waals surface area contributed by atoms with E-state index in [1.54, 1.807) is 0 Å². The highest BCUT2D eigenvalue weighted by molar-refractivity contribution is 6.00. The number of rotatable bonds is 5. The maximum atomic E-state index is 11.6. The molecule has 1 aliphatic carbocycles. The third kappa shape index (κ3) is 4.28. The van der Waals surface area contributed by atoms with Crippen LogP contribution in [0.5, 0.6) is 0 Å². The van der Waals surface area contributed by atoms with Crippen molar-refractivity contribution < 1.29 is 9.59 Å². The largest absolute Gasteiger partial charge is 0.374 e. The van der Waals surface area contributed by atoms with Crippen molar-refractivity contribution >= 4 is 40.2 Å². The van der Waals surface area contributed by atoms with Crippen molar-refractivity contribution in [1.29, 1.82) is 0 Å². The van der Waals surface area contributed by atoms with Gasteiger partial charge in [-0.2, -0.15) is 4.98 Å². The molecule has 0 aliphatic heterocycles. The zero-order valence-electron chi connectivity index (χ0n) is 14.9. The van der Waals surface area contributed by atoms with E-state index in [4.69, 9.17) is 0 Å². The van der Waals surface area contributed by atoms with Crippen LogP contribution in [0, 0.1) is 31.6 Å². The molecular weight excluding hydrogens is 330 g/mol. The molecule has 2 aromatic rings. The van der Waals surface area contributed by atoms with Crippen LogP contribution in [0.2, 0.25) is 0 Å². The molecule has 1 aromatic heterocycles. The molecule has 2 N–H and O–H groups in total. The first-order valence-electron chi connectivity index (χ1n) is 8.21. The van der Waals surface area contributed by atoms with Gasteiger partial charge in [0.15, 0.2) is 0 Å². The predicted molar refractivity (Wildman–Crippen MR) is 102 cm³/mol. The van der Waals surface area contributed by atoms with Gasteiger partial charge in [0.2, 0.25) is 17.8 Å². The molecule has 0 spiro atoms. The topological polar surface area (TPSA) is 87.2 Å². The van der Waals surface area contributed by atoms with Crippen molar-refractivity contribution in [3.8, 4) is 0 Å². The summed E-state index contributed by atoms with van der Waals surface area (Å²) in [5, 5.41) is 5.98. The van der Waals surface area contributed by atoms with Gasteiger partial charge in [0.1, 0.15) is 5.82 Å². The molecule has 0 bridgehead atoms. The number of amides is 2. The van der Waals surface area contributed by atoms with Gasteiger partial charge in [0.25, 0.3) is 0 Å². The Kier molecular flexibility index (Phi) is 5.35. The number of carbonyl (C=O) groups excluding carboxylic acids is 2. The Hall–Kier alpha value is -2.70. The highest BCUT2D eigenvalue weighted by atomic mass is 16.2. The van der Waals surface area contributed by atoms with Gasteiger partial charge >= 0.3 is 0 Å². The molecule has 3 rings (SSSR count). The molecule has 7 nitrogen and oxygen atoms in total. The van der Waals surface area contributed by atoms with Crippen molar-refractivity contribution in [3.63, 3.8) is 0 Å². The van der Waals surface area contributed by atoms with E-state index in [1.807, 2.05) is 38.1 Å². The highest BCUT2D eigenvalue weighted by Gasteiger charge is 2.19. The number of carbonyl (C=O) groups is 2. The molecular formula is C19H20N5O2. The molecule has 1 fully saturated rings. The molecule has 7 heteroatoms. The second kappa shape index (κ2) is 7.68. The lowest BCUT2D eigenvalue weighted by Crippen LogP contribution is -2.23. The predicted octanol–water partition coefficient (Wildman–Crippen LogP) is 2.39. The second-order valence-electron chi connectivity index (χ2n) is 6.11. The molecule has 26 heavy (non-hydrogen) atoms. The minimum Gasteiger partial charge on any atom is -0.374 e. The number of nitrogens with zero attached hydrogens (tertiary/aromatic N) is 3. The minimum atomic E-state index is -0.274. The van der Waals surface area contributed by atoms with Gasteiger partial charge in [-0.25, -0.2) is 4.98 Å². The highest BCUT2D eigenvalue weighted by Crippen LogP contribution is 2.29. The summed E-state index contributed by atoms with van der Waals surface area (Å²) in [5.74, 6) is 1.23. The first-order valence-corrected chi connectivity index (χ1v) is 8.21. The Morgan fingerprint density at radius 3 is 2.38 bits per heavy atom. The van der Waals surface area contributed by atoms with Crippen molar-refractivity contribution in [2.45, 2.75) is 13.8 Å². The van der Waals surface area contributed by atoms with Crippen LogP contribution in [0.15, 0.2) is 18.2 Å². The third-order valence-corrected chi connectivity index (χ3v) is 3.85. The summed E-state index contributed by atoms with van der Waals surface area (Å²) in [6.07, 6.45) is 8.16. The number of fused-ring (bicyclic) bond motifs is 1. The van der Waals surface area contributed by atoms with E-state index >= 15 is 0 Å². The van der Waals surface area contributed by atoms with Crippen LogP contribution >= 0.6 is 0 Å². The summed E-state index contributed by atoms with van der Waals surface area (Å²) in [4.78, 5) is 33.6. The van der Waals surface area contributed by atoms with Crippen molar-refractivity contribution in [1.82, 2.24) is 9.97 Å². The van der Waals surface area contributed by atoms with Gasteiger partial charge in [-0.05, 0) is 43.9 Å². The fourth-order valence-electron chi connectivity index (χ4n) is 2.71. The molecule has 5 radical (unpaired) electrons. The molecule has 1 saturated carbocycles. The summed E-state index contributed by atoms with van der Waals surface area (Å²) >= 11 is 0. The van der Waals surface area contributed by atoms with E-state index in [2.05, 4.69) is 38.3 Å². The van der Waals surface area contributed by atoms with E-state index in [0.29, 0.717) is 16.7 Å². The summed E-state index contributed by atoms with van der Waals surface area (Å²) in [6, 6.07) is 5.74. The Bertz CT molecular complexity index is 830. The summed E-state index contributed by atoms with van der Waals surface area (Å²) in [6.45, 7) is 3.56. The lowest BCUT2D eigenvalue weighted by atomic mass is 10.1. The molecule has 0 saturated heterocycles. The maximum absolute atomic E-state index is 11.6. The van der Waals surface area contributed by atoms with Gasteiger partial charge in [-0.1, -0.05) is 0 Å². The third-order valence-electron chi connectivity index (χ3n) is 3.85. The molecule has 0 atom stereocenters. The normalized spacial score (nSPS) is 14.4. The summed E-state index contributed by atoms with van der Waals surface area (Å²) in [7, 11) is 2.00. The molecule has 1 aromatic carbocycles. The van der Waals surface area contributed by atoms with Crippen LogP contribution in [0.25, 0.3) is 10.9 Å². The first-order chi connectivity index (χ1) is 12.4. The van der Waals surface area contributed by atoms with Crippen molar-refractivity contribution in [2.24, 2.45) is 0 Å². The van der Waals surface area contributed by atoms with Crippen LogP contribution in [0.4, 0.5) is 17.5 Å². The first kappa shape index (κ1) is 18.1. The quantitative estimate of drug-likeness (QED) is 0.864. The van der Waals surface area contributed by atoms with Gasteiger partial charge < -0.3 is 10.2 Å². The number of hydrogen-bond donors (Lipinski definition) is 2. The van der Waals surface area contributed by atoms with Crippen LogP contribution in [0.1, 0.15) is 13.8 Å². The van der Waals surface area contributed by atoms with Gasteiger partial charge in [-0.15, -0.1) is 0 Å². The molecule has 0 unspecified atom stereocenters. The van der Waals surface area contributed by atoms with Crippen molar-refractivity contribution in [2.75, 3.05) is 29.1 Å². The standard InChI is InChI=1S/C19H20N5O2/c1-12(25)20-18-16-10-15(24(3)11-14-6-4-5-7-14)8-9-17(16)22-19(23-18)21-13(2)26/h4-10H,11H2,1-3H3,(H2,20,21,22,23,25,26). The molecule has 2 amide bonds. The van der Waals surface area contributed by atoms with Crippen LogP contribution in [-0.4, -0.2) is 35.4 Å². The van der Waals surface area contributed by atoms with E-state index in [1.165, 1.54) is 19.8 Å². The Morgan fingerprint density at radius 2 is 1.73 bits per heavy atom. The zero-order valence-corrected chi connectivity index (χ0v) is 14.9. The Balaban J connectivity index is 1.95. The average Bonchev–Trinajstić information content (AvgIpc) is 3.06. The number of nitrogens with one attached hydrogen (secondary N) is 2. The molecule has 133 valence electrons. The van der Waals surface area contributed by atoms with Crippen molar-refractivity contribution in [3.05, 3.63) is 49.8 Å². The number of benzene rings is 1. The van der Waals surface area contributed by atoms with Crippen LogP contribution in [0.3, 0.4) is 0 Å². The summed E-state index contributed by atoms with van der Waals surface area (Å²) in [5.41, 5.74) is 1.61. The van der Waals surface area contributed by atoms with Gasteiger partial charge in [-0.3, -0.25) is 14.9 Å². The Morgan fingerprint density at radius 1 is 1.04 bits per heavy atom. The zero-order chi connectivity index (χ0) is 18.7. The van der Waals surface area contributed by atoms with Gasteiger partial charge in [0.05, 0.1) is 5.52 Å². The minimum absolute atomic E-state index is 0.159. The number of hydrogen-bond acceptors (Lipinski definition) is 5. The van der Waals surface area contributed by atoms with E-state index in [9.17, 15) is 9.59 Å². The summed E-state index contributed by atoms with van der Waals surface area (Å²) < 4.78 is 0. The smallest absolute Gasteiger partial charge is 0.231 e. The lowest BCUT2D eigenvalue weighted by molar-refractivity contribution is -0.115. The maximum Gasteiger partial charge on any atom is 0.231 e. The molecule has 1 aliphatic rings. The fourth-order valence-corrected chi connectivity index (χ4v) is 2.71. The second-order valence-corrected chi connectivity index (χ2v) is 6.11. The number of anilines is 3. The Labute approximate surface area is 153 Å². The van der Waals surface area contributed by atoms with E-state index < -0.39 is 0 Å². The van der Waals surface area contributed by atoms with E-state index in [0.717, 1.165) is 12.2 Å². The number of aromatic nitrogens is 2. The SMILES string of the molecule is CC(=O)Nc1nc(NC(C)=O)c2cc(N(C)C[C]3[CH][CH][CH][CH]3)ccc2n1. The lowest BCUT2D eigenvalue weighted by Gasteiger charge is -2.23. The van der Waals surface area contributed by atoms with Crippen LogP contribution in [-0.2, 0) is 9.59 Å². The van der Waals surface area contributed by atoms with Gasteiger partial charge in [0, 0.05) is 44.4 Å². The van der Waals surface area contributed by atoms with E-state index in [-0.39, 0.29) is 17.8 Å².